The summed E-state index contributed by atoms with van der Waals surface area (Å²) >= 11 is 1.43. The maximum Gasteiger partial charge on any atom is 0.306 e. The highest BCUT2D eigenvalue weighted by Gasteiger charge is 2.27. The van der Waals surface area contributed by atoms with E-state index >= 15 is 0 Å². The Labute approximate surface area is 151 Å². The predicted octanol–water partition coefficient (Wildman–Crippen LogP) is 4.38. The summed E-state index contributed by atoms with van der Waals surface area (Å²) in [5, 5.41) is 3.33. The number of aromatic nitrogens is 1. The summed E-state index contributed by atoms with van der Waals surface area (Å²) in [4.78, 5) is 28.4. The molecule has 1 aliphatic rings. The van der Waals surface area contributed by atoms with E-state index in [0.29, 0.717) is 17.0 Å². The second-order valence-corrected chi connectivity index (χ2v) is 7.95. The van der Waals surface area contributed by atoms with Crippen molar-refractivity contribution in [1.29, 1.82) is 0 Å². The number of amides is 1. The molecule has 2 aromatic rings. The van der Waals surface area contributed by atoms with Gasteiger partial charge in [-0.2, -0.15) is 0 Å². The van der Waals surface area contributed by atoms with Crippen LogP contribution >= 0.6 is 11.3 Å². The third-order valence-corrected chi connectivity index (χ3v) is 5.90. The zero-order valence-corrected chi connectivity index (χ0v) is 15.5. The van der Waals surface area contributed by atoms with Crippen molar-refractivity contribution in [1.82, 2.24) is 4.98 Å². The number of hydrogen-bond acceptors (Lipinski definition) is 5. The van der Waals surface area contributed by atoms with E-state index in [1.54, 1.807) is 0 Å². The van der Waals surface area contributed by atoms with Crippen LogP contribution in [-0.2, 0) is 14.3 Å². The minimum Gasteiger partial charge on any atom is -0.462 e. The molecule has 3 atom stereocenters. The van der Waals surface area contributed by atoms with Gasteiger partial charge >= 0.3 is 5.97 Å². The Balaban J connectivity index is 1.43. The van der Waals surface area contributed by atoms with Gasteiger partial charge in [-0.15, -0.1) is 0 Å². The molecule has 5 nitrogen and oxygen atoms in total. The largest absolute Gasteiger partial charge is 0.462 e. The second kappa shape index (κ2) is 7.95. The summed E-state index contributed by atoms with van der Waals surface area (Å²) in [6.45, 7) is 4.45. The van der Waals surface area contributed by atoms with Crippen molar-refractivity contribution in [3.05, 3.63) is 24.3 Å². The molecule has 134 valence electrons. The first kappa shape index (κ1) is 17.9. The number of carbonyl (C=O) groups is 2. The Bertz CT molecular complexity index is 725. The molecule has 0 bridgehead atoms. The summed E-state index contributed by atoms with van der Waals surface area (Å²) < 4.78 is 6.55. The molecule has 1 N–H and O–H groups in total. The van der Waals surface area contributed by atoms with Crippen LogP contribution in [0.1, 0.15) is 46.0 Å². The molecule has 1 amide bonds. The Morgan fingerprint density at radius 1 is 1.20 bits per heavy atom. The fourth-order valence-electron chi connectivity index (χ4n) is 3.17. The van der Waals surface area contributed by atoms with E-state index in [2.05, 4.69) is 24.1 Å². The SMILES string of the molecule is C[C@H]1CC[C@H](OC(=O)CCC(=O)Nc2nc3ccccc3s2)C[C@@H]1C. The van der Waals surface area contributed by atoms with Gasteiger partial charge < -0.3 is 10.1 Å². The summed E-state index contributed by atoms with van der Waals surface area (Å²) in [5.74, 6) is 0.774. The molecule has 1 saturated carbocycles. The lowest BCUT2D eigenvalue weighted by Gasteiger charge is -2.31. The first-order chi connectivity index (χ1) is 12.0. The molecule has 0 unspecified atom stereocenters. The van der Waals surface area contributed by atoms with Gasteiger partial charge in [0.25, 0.3) is 0 Å². The highest BCUT2D eigenvalue weighted by Crippen LogP contribution is 2.31. The molecule has 3 rings (SSSR count). The highest BCUT2D eigenvalue weighted by molar-refractivity contribution is 7.22. The van der Waals surface area contributed by atoms with Gasteiger partial charge in [0.05, 0.1) is 16.6 Å². The fraction of sp³-hybridized carbons (Fsp3) is 0.526. The molecular formula is C19H24N2O3S. The molecule has 1 aliphatic carbocycles. The molecule has 0 aliphatic heterocycles. The first-order valence-electron chi connectivity index (χ1n) is 8.86. The summed E-state index contributed by atoms with van der Waals surface area (Å²) in [6, 6.07) is 7.72. The normalized spacial score (nSPS) is 23.4. The van der Waals surface area contributed by atoms with Gasteiger partial charge in [0.1, 0.15) is 6.10 Å². The van der Waals surface area contributed by atoms with E-state index in [4.69, 9.17) is 4.74 Å². The molecule has 1 heterocycles. The molecule has 25 heavy (non-hydrogen) atoms. The number of carbonyl (C=O) groups excluding carboxylic acids is 2. The number of benzene rings is 1. The van der Waals surface area contributed by atoms with Crippen LogP contribution in [0.2, 0.25) is 0 Å². The number of anilines is 1. The standard InChI is InChI=1S/C19H24N2O3S/c1-12-7-8-14(11-13(12)2)24-18(23)10-9-17(22)21-19-20-15-5-3-4-6-16(15)25-19/h3-6,12-14H,7-11H2,1-2H3,(H,20,21,22)/t12-,13-,14-/m0/s1. The van der Waals surface area contributed by atoms with Crippen LogP contribution in [0, 0.1) is 11.8 Å². The van der Waals surface area contributed by atoms with Crippen molar-refractivity contribution >= 4 is 38.6 Å². The monoisotopic (exact) mass is 360 g/mol. The van der Waals surface area contributed by atoms with Gasteiger partial charge in [-0.05, 0) is 43.2 Å². The number of ether oxygens (including phenoxy) is 1. The van der Waals surface area contributed by atoms with Crippen LogP contribution in [-0.4, -0.2) is 23.0 Å². The van der Waals surface area contributed by atoms with Crippen molar-refractivity contribution in [3.8, 4) is 0 Å². The minimum atomic E-state index is -0.286. The lowest BCUT2D eigenvalue weighted by molar-refractivity contribution is -0.152. The van der Waals surface area contributed by atoms with Crippen LogP contribution in [0.5, 0.6) is 0 Å². The Hall–Kier alpha value is -1.95. The van der Waals surface area contributed by atoms with Crippen molar-refractivity contribution in [3.63, 3.8) is 0 Å². The van der Waals surface area contributed by atoms with E-state index in [1.165, 1.54) is 11.3 Å². The molecule has 1 aromatic carbocycles. The van der Waals surface area contributed by atoms with Crippen LogP contribution in [0.3, 0.4) is 0 Å². The second-order valence-electron chi connectivity index (χ2n) is 6.91. The number of nitrogens with zero attached hydrogens (tertiary/aromatic N) is 1. The van der Waals surface area contributed by atoms with Gasteiger partial charge in [0.2, 0.25) is 5.91 Å². The summed E-state index contributed by atoms with van der Waals surface area (Å²) in [6.07, 6.45) is 3.17. The fourth-order valence-corrected chi connectivity index (χ4v) is 4.06. The van der Waals surface area contributed by atoms with Crippen molar-refractivity contribution in [2.45, 2.75) is 52.1 Å². The van der Waals surface area contributed by atoms with E-state index in [0.717, 1.165) is 29.5 Å². The predicted molar refractivity (Wildman–Crippen MR) is 99.5 cm³/mol. The average molecular weight is 360 g/mol. The smallest absolute Gasteiger partial charge is 0.306 e. The highest BCUT2D eigenvalue weighted by atomic mass is 32.1. The molecule has 1 fully saturated rings. The topological polar surface area (TPSA) is 68.3 Å². The van der Waals surface area contributed by atoms with Gasteiger partial charge in [0.15, 0.2) is 5.13 Å². The number of hydrogen-bond donors (Lipinski definition) is 1. The lowest BCUT2D eigenvalue weighted by atomic mass is 9.80. The van der Waals surface area contributed by atoms with Gasteiger partial charge in [-0.3, -0.25) is 9.59 Å². The Morgan fingerprint density at radius 3 is 2.76 bits per heavy atom. The molecule has 6 heteroatoms. The number of nitrogens with one attached hydrogen (secondary N) is 1. The van der Waals surface area contributed by atoms with Crippen LogP contribution < -0.4 is 5.32 Å². The first-order valence-corrected chi connectivity index (χ1v) is 9.68. The minimum absolute atomic E-state index is 0.00558. The van der Waals surface area contributed by atoms with E-state index in [1.807, 2.05) is 24.3 Å². The average Bonchev–Trinajstić information content (AvgIpc) is 2.98. The number of thiazole rings is 1. The molecule has 0 radical (unpaired) electrons. The van der Waals surface area contributed by atoms with Gasteiger partial charge in [-0.25, -0.2) is 4.98 Å². The maximum absolute atomic E-state index is 12.0. The van der Waals surface area contributed by atoms with E-state index < -0.39 is 0 Å². The van der Waals surface area contributed by atoms with Crippen molar-refractivity contribution < 1.29 is 14.3 Å². The lowest BCUT2D eigenvalue weighted by Crippen LogP contribution is -2.29. The van der Waals surface area contributed by atoms with Crippen molar-refractivity contribution in [2.24, 2.45) is 11.8 Å². The molecule has 0 spiro atoms. The molecule has 0 saturated heterocycles. The zero-order chi connectivity index (χ0) is 17.8. The maximum atomic E-state index is 12.0. The van der Waals surface area contributed by atoms with Crippen LogP contribution in [0.25, 0.3) is 10.2 Å². The van der Waals surface area contributed by atoms with E-state index in [9.17, 15) is 9.59 Å². The zero-order valence-electron chi connectivity index (χ0n) is 14.7. The number of para-hydroxylation sites is 1. The molecular weight excluding hydrogens is 336 g/mol. The van der Waals surface area contributed by atoms with Gasteiger partial charge in [0, 0.05) is 6.42 Å². The van der Waals surface area contributed by atoms with Crippen LogP contribution in [0.4, 0.5) is 5.13 Å². The Kier molecular flexibility index (Phi) is 5.68. The van der Waals surface area contributed by atoms with Crippen LogP contribution in [0.15, 0.2) is 24.3 Å². The number of esters is 1. The third kappa shape index (κ3) is 4.78. The Morgan fingerprint density at radius 2 is 2.00 bits per heavy atom. The summed E-state index contributed by atoms with van der Waals surface area (Å²) in [7, 11) is 0. The van der Waals surface area contributed by atoms with Gasteiger partial charge in [-0.1, -0.05) is 37.3 Å². The molecule has 1 aromatic heterocycles. The van der Waals surface area contributed by atoms with E-state index in [-0.39, 0.29) is 30.8 Å². The number of rotatable bonds is 5. The van der Waals surface area contributed by atoms with Crippen molar-refractivity contribution in [2.75, 3.05) is 5.32 Å². The quantitative estimate of drug-likeness (QED) is 0.803. The third-order valence-electron chi connectivity index (χ3n) is 4.94. The number of fused-ring (bicyclic) bond motifs is 1. The summed E-state index contributed by atoms with van der Waals surface area (Å²) in [5.41, 5.74) is 0.864.